The second kappa shape index (κ2) is 10.9. The van der Waals surface area contributed by atoms with E-state index < -0.39 is 10.0 Å². The maximum absolute atomic E-state index is 13.4. The van der Waals surface area contributed by atoms with E-state index in [1.165, 1.54) is 43.2 Å². The molecule has 1 heterocycles. The number of amides is 1. The third kappa shape index (κ3) is 5.31. The maximum atomic E-state index is 13.4. The molecule has 184 valence electrons. The minimum atomic E-state index is -3.67. The summed E-state index contributed by atoms with van der Waals surface area (Å²) >= 11 is 0. The van der Waals surface area contributed by atoms with Crippen LogP contribution in [0, 0.1) is 0 Å². The van der Waals surface area contributed by atoms with Crippen molar-refractivity contribution in [2.45, 2.75) is 75.6 Å². The Morgan fingerprint density at radius 2 is 1.68 bits per heavy atom. The largest absolute Gasteiger partial charge is 0.496 e. The van der Waals surface area contributed by atoms with E-state index >= 15 is 0 Å². The molecule has 1 atom stereocenters. The molecule has 0 saturated carbocycles. The molecule has 0 aromatic heterocycles. The van der Waals surface area contributed by atoms with Crippen LogP contribution in [0.4, 0.5) is 0 Å². The number of carbonyl (C=O) groups is 1. The molecule has 1 N–H and O–H groups in total. The summed E-state index contributed by atoms with van der Waals surface area (Å²) in [4.78, 5) is 13.5. The van der Waals surface area contributed by atoms with Gasteiger partial charge >= 0.3 is 0 Å². The zero-order valence-corrected chi connectivity index (χ0v) is 21.1. The van der Waals surface area contributed by atoms with Gasteiger partial charge in [-0.25, -0.2) is 8.42 Å². The summed E-state index contributed by atoms with van der Waals surface area (Å²) in [5.74, 6) is 0.0435. The van der Waals surface area contributed by atoms with Crippen molar-refractivity contribution < 1.29 is 17.9 Å². The van der Waals surface area contributed by atoms with Crippen LogP contribution >= 0.6 is 0 Å². The number of fused-ring (bicyclic) bond motifs is 1. The topological polar surface area (TPSA) is 75.7 Å². The summed E-state index contributed by atoms with van der Waals surface area (Å²) in [5, 5.41) is 3.12. The molecule has 7 heteroatoms. The SMILES string of the molecule is CCC(NC(=O)c1cc(S(=O)(=O)N2CCCCCC2)ccc1OC)c1ccc2c(c1)CCCC2. The summed E-state index contributed by atoms with van der Waals surface area (Å²) in [6.07, 6.45) is 9.19. The van der Waals surface area contributed by atoms with Crippen molar-refractivity contribution >= 4 is 15.9 Å². The average molecular weight is 485 g/mol. The van der Waals surface area contributed by atoms with Crippen LogP contribution < -0.4 is 10.1 Å². The molecule has 2 aliphatic rings. The summed E-state index contributed by atoms with van der Waals surface area (Å²) < 4.78 is 33.6. The van der Waals surface area contributed by atoms with E-state index in [1.807, 2.05) is 6.92 Å². The Morgan fingerprint density at radius 1 is 0.971 bits per heavy atom. The average Bonchev–Trinajstić information content (AvgIpc) is 3.17. The second-order valence-corrected chi connectivity index (χ2v) is 11.3. The van der Waals surface area contributed by atoms with Crippen LogP contribution in [0.5, 0.6) is 5.75 Å². The highest BCUT2D eigenvalue weighted by atomic mass is 32.2. The van der Waals surface area contributed by atoms with Gasteiger partial charge in [0.2, 0.25) is 10.0 Å². The van der Waals surface area contributed by atoms with Crippen molar-refractivity contribution in [3.8, 4) is 5.75 Å². The van der Waals surface area contributed by atoms with E-state index in [9.17, 15) is 13.2 Å². The van der Waals surface area contributed by atoms with Crippen LogP contribution in [0.2, 0.25) is 0 Å². The first-order valence-corrected chi connectivity index (χ1v) is 14.0. The number of methoxy groups -OCH3 is 1. The molecule has 1 amide bonds. The molecule has 0 bridgehead atoms. The standard InChI is InChI=1S/C27H36N2O4S/c1-3-25(22-13-12-20-10-6-7-11-21(20)18-22)28-27(30)24-19-23(14-15-26(24)33-2)34(31,32)29-16-8-4-5-9-17-29/h12-15,18-19,25H,3-11,16-17H2,1-2H3,(H,28,30). The van der Waals surface area contributed by atoms with Gasteiger partial charge in [-0.3, -0.25) is 4.79 Å². The van der Waals surface area contributed by atoms with E-state index in [0.29, 0.717) is 18.8 Å². The van der Waals surface area contributed by atoms with Crippen LogP contribution in [0.15, 0.2) is 41.3 Å². The molecular formula is C27H36N2O4S. The highest BCUT2D eigenvalue weighted by Gasteiger charge is 2.27. The van der Waals surface area contributed by atoms with E-state index in [1.54, 1.807) is 10.4 Å². The number of nitrogens with one attached hydrogen (secondary N) is 1. The highest BCUT2D eigenvalue weighted by Crippen LogP contribution is 2.29. The van der Waals surface area contributed by atoms with Crippen molar-refractivity contribution in [3.63, 3.8) is 0 Å². The Bertz CT molecular complexity index is 1120. The molecule has 0 spiro atoms. The normalized spacial score (nSPS) is 17.9. The fourth-order valence-corrected chi connectivity index (χ4v) is 6.63. The highest BCUT2D eigenvalue weighted by molar-refractivity contribution is 7.89. The number of benzene rings is 2. The fraction of sp³-hybridized carbons (Fsp3) is 0.519. The van der Waals surface area contributed by atoms with Crippen molar-refractivity contribution in [2.75, 3.05) is 20.2 Å². The summed E-state index contributed by atoms with van der Waals surface area (Å²) in [5.41, 5.74) is 4.11. The van der Waals surface area contributed by atoms with E-state index in [0.717, 1.165) is 50.5 Å². The number of carbonyl (C=O) groups excluding carboxylic acids is 1. The number of nitrogens with zero attached hydrogens (tertiary/aromatic N) is 1. The van der Waals surface area contributed by atoms with Crippen LogP contribution in [0.25, 0.3) is 0 Å². The number of ether oxygens (including phenoxy) is 1. The van der Waals surface area contributed by atoms with Gasteiger partial charge < -0.3 is 10.1 Å². The minimum Gasteiger partial charge on any atom is -0.496 e. The lowest BCUT2D eigenvalue weighted by Crippen LogP contribution is -2.32. The number of sulfonamides is 1. The monoisotopic (exact) mass is 484 g/mol. The predicted molar refractivity (Wildman–Crippen MR) is 134 cm³/mol. The maximum Gasteiger partial charge on any atom is 0.255 e. The molecule has 2 aromatic carbocycles. The number of hydrogen-bond acceptors (Lipinski definition) is 4. The zero-order chi connectivity index (χ0) is 24.1. The quantitative estimate of drug-likeness (QED) is 0.599. The molecule has 1 aliphatic carbocycles. The molecule has 1 saturated heterocycles. The van der Waals surface area contributed by atoms with Crippen LogP contribution in [0.1, 0.15) is 85.0 Å². The lowest BCUT2D eigenvalue weighted by Gasteiger charge is -2.23. The fourth-order valence-electron chi connectivity index (χ4n) is 5.08. The van der Waals surface area contributed by atoms with Gasteiger partial charge in [-0.1, -0.05) is 38.0 Å². The number of rotatable bonds is 7. The van der Waals surface area contributed by atoms with Gasteiger partial charge in [0, 0.05) is 13.1 Å². The van der Waals surface area contributed by atoms with Gasteiger partial charge in [0.15, 0.2) is 0 Å². The first kappa shape index (κ1) is 24.7. The van der Waals surface area contributed by atoms with Gasteiger partial charge in [-0.2, -0.15) is 4.31 Å². The van der Waals surface area contributed by atoms with Crippen molar-refractivity contribution in [2.24, 2.45) is 0 Å². The zero-order valence-electron chi connectivity index (χ0n) is 20.3. The Hall–Kier alpha value is -2.38. The number of aryl methyl sites for hydroxylation is 2. The van der Waals surface area contributed by atoms with Crippen molar-refractivity contribution in [1.82, 2.24) is 9.62 Å². The van der Waals surface area contributed by atoms with E-state index in [-0.39, 0.29) is 22.4 Å². The van der Waals surface area contributed by atoms with Crippen molar-refractivity contribution in [1.29, 1.82) is 0 Å². The van der Waals surface area contributed by atoms with Crippen LogP contribution in [0.3, 0.4) is 0 Å². The smallest absolute Gasteiger partial charge is 0.255 e. The Morgan fingerprint density at radius 3 is 2.35 bits per heavy atom. The third-order valence-corrected chi connectivity index (χ3v) is 9.00. The molecule has 0 radical (unpaired) electrons. The lowest BCUT2D eigenvalue weighted by molar-refractivity contribution is 0.0932. The molecule has 34 heavy (non-hydrogen) atoms. The Labute approximate surface area is 203 Å². The predicted octanol–water partition coefficient (Wildman–Crippen LogP) is 5.02. The van der Waals surface area contributed by atoms with Gasteiger partial charge in [0.05, 0.1) is 23.6 Å². The van der Waals surface area contributed by atoms with Gasteiger partial charge in [0.25, 0.3) is 5.91 Å². The first-order valence-electron chi connectivity index (χ1n) is 12.5. The first-order chi connectivity index (χ1) is 16.4. The number of hydrogen-bond donors (Lipinski definition) is 1. The third-order valence-electron chi connectivity index (χ3n) is 7.11. The Balaban J connectivity index is 1.59. The summed E-state index contributed by atoms with van der Waals surface area (Å²) in [6.45, 7) is 3.08. The molecule has 4 rings (SSSR count). The molecule has 2 aromatic rings. The molecule has 1 fully saturated rings. The van der Waals surface area contributed by atoms with Crippen LogP contribution in [-0.4, -0.2) is 38.8 Å². The van der Waals surface area contributed by atoms with Gasteiger partial charge in [-0.15, -0.1) is 0 Å². The molecular weight excluding hydrogens is 448 g/mol. The van der Waals surface area contributed by atoms with Gasteiger partial charge in [0.1, 0.15) is 5.75 Å². The molecule has 6 nitrogen and oxygen atoms in total. The van der Waals surface area contributed by atoms with Gasteiger partial charge in [-0.05, 0) is 79.8 Å². The molecule has 1 unspecified atom stereocenters. The van der Waals surface area contributed by atoms with Crippen LogP contribution in [-0.2, 0) is 22.9 Å². The van der Waals surface area contributed by atoms with Crippen molar-refractivity contribution in [3.05, 3.63) is 58.7 Å². The van der Waals surface area contributed by atoms with E-state index in [4.69, 9.17) is 4.74 Å². The summed E-state index contributed by atoms with van der Waals surface area (Å²) in [6, 6.07) is 10.9. The lowest BCUT2D eigenvalue weighted by atomic mass is 9.88. The van der Waals surface area contributed by atoms with E-state index in [2.05, 4.69) is 23.5 Å². The minimum absolute atomic E-state index is 0.141. The summed E-state index contributed by atoms with van der Waals surface area (Å²) in [7, 11) is -2.17. The molecule has 1 aliphatic heterocycles. The Kier molecular flexibility index (Phi) is 7.94. The second-order valence-electron chi connectivity index (χ2n) is 9.35.